The molecule has 0 spiro atoms. The third kappa shape index (κ3) is 3.17. The van der Waals surface area contributed by atoms with Crippen LogP contribution in [0.4, 0.5) is 0 Å². The molecule has 35 heavy (non-hydrogen) atoms. The molecule has 200 valence electrons. The number of aliphatic hydroxyl groups is 3. The van der Waals surface area contributed by atoms with E-state index in [4.69, 9.17) is 4.43 Å². The van der Waals surface area contributed by atoms with Crippen LogP contribution in [-0.2, 0) is 4.43 Å². The molecule has 6 rings (SSSR count). The largest absolute Gasteiger partial charge is 0.417 e. The minimum Gasteiger partial charge on any atom is -0.417 e. The maximum absolute atomic E-state index is 12.4. The number of hydrogen-bond acceptors (Lipinski definition) is 4. The summed E-state index contributed by atoms with van der Waals surface area (Å²) in [6.45, 7) is 17.1. The van der Waals surface area contributed by atoms with Gasteiger partial charge in [-0.3, -0.25) is 0 Å². The van der Waals surface area contributed by atoms with Gasteiger partial charge in [-0.05, 0) is 122 Å². The number of aliphatic hydroxyl groups excluding tert-OH is 1. The van der Waals surface area contributed by atoms with Gasteiger partial charge in [-0.15, -0.1) is 0 Å². The van der Waals surface area contributed by atoms with Crippen molar-refractivity contribution in [1.82, 2.24) is 0 Å². The SMILES string of the molecule is CC(C)(C)[Si](C)(C)OCCC[C@]1(O)C2C[C@H]2C2C3C4C[C@H]4[C@]4(O)C[C@@H](O)CC[C@]4(C)C3CC[C@@]21C. The lowest BCUT2D eigenvalue weighted by Crippen LogP contribution is -2.65. The Balaban J connectivity index is 1.21. The van der Waals surface area contributed by atoms with E-state index in [-0.39, 0.29) is 22.0 Å². The molecule has 0 radical (unpaired) electrons. The molecule has 6 fully saturated rings. The first-order valence-electron chi connectivity index (χ1n) is 14.9. The maximum atomic E-state index is 12.4. The van der Waals surface area contributed by atoms with E-state index in [9.17, 15) is 15.3 Å². The smallest absolute Gasteiger partial charge is 0.191 e. The van der Waals surface area contributed by atoms with Crippen LogP contribution in [0.2, 0.25) is 18.1 Å². The van der Waals surface area contributed by atoms with Crippen molar-refractivity contribution in [3.63, 3.8) is 0 Å². The van der Waals surface area contributed by atoms with Crippen molar-refractivity contribution in [2.75, 3.05) is 6.61 Å². The minimum atomic E-state index is -1.75. The van der Waals surface area contributed by atoms with Crippen molar-refractivity contribution in [1.29, 1.82) is 0 Å². The average Bonchev–Trinajstić information content (AvgIpc) is 3.65. The predicted molar refractivity (Wildman–Crippen MR) is 141 cm³/mol. The molecule has 0 saturated heterocycles. The molecule has 0 bridgehead atoms. The maximum Gasteiger partial charge on any atom is 0.191 e. The summed E-state index contributed by atoms with van der Waals surface area (Å²) in [6, 6.07) is 0. The van der Waals surface area contributed by atoms with Gasteiger partial charge in [0, 0.05) is 13.0 Å². The highest BCUT2D eigenvalue weighted by Gasteiger charge is 2.81. The van der Waals surface area contributed by atoms with Crippen LogP contribution in [0.25, 0.3) is 0 Å². The first kappa shape index (κ1) is 25.3. The topological polar surface area (TPSA) is 69.9 Å². The van der Waals surface area contributed by atoms with Crippen LogP contribution in [0.1, 0.15) is 92.4 Å². The van der Waals surface area contributed by atoms with E-state index < -0.39 is 19.5 Å². The van der Waals surface area contributed by atoms with Crippen LogP contribution in [-0.4, -0.2) is 47.5 Å². The van der Waals surface area contributed by atoms with Crippen LogP contribution in [0.3, 0.4) is 0 Å². The summed E-state index contributed by atoms with van der Waals surface area (Å²) in [5.74, 6) is 3.96. The third-order valence-corrected chi connectivity index (χ3v) is 18.3. The molecule has 6 saturated carbocycles. The fraction of sp³-hybridized carbons (Fsp3) is 1.00. The molecule has 12 atom stereocenters. The summed E-state index contributed by atoms with van der Waals surface area (Å²) in [6.07, 6.45) is 8.47. The molecule has 5 unspecified atom stereocenters. The van der Waals surface area contributed by atoms with E-state index in [2.05, 4.69) is 47.7 Å². The summed E-state index contributed by atoms with van der Waals surface area (Å²) >= 11 is 0. The van der Waals surface area contributed by atoms with Crippen LogP contribution in [0, 0.1) is 52.3 Å². The lowest BCUT2D eigenvalue weighted by Gasteiger charge is -2.64. The zero-order valence-corrected chi connectivity index (χ0v) is 24.4. The van der Waals surface area contributed by atoms with Gasteiger partial charge in [0.05, 0.1) is 17.3 Å². The summed E-state index contributed by atoms with van der Waals surface area (Å²) in [7, 11) is -1.75. The number of fused-ring (bicyclic) bond motifs is 10. The molecule has 3 N–H and O–H groups in total. The lowest BCUT2D eigenvalue weighted by molar-refractivity contribution is -0.237. The van der Waals surface area contributed by atoms with Crippen molar-refractivity contribution in [2.45, 2.75) is 128 Å². The molecule has 5 heteroatoms. The highest BCUT2D eigenvalue weighted by Crippen LogP contribution is 2.82. The average molecular weight is 505 g/mol. The van der Waals surface area contributed by atoms with E-state index in [1.807, 2.05) is 0 Å². The van der Waals surface area contributed by atoms with Crippen molar-refractivity contribution in [3.05, 3.63) is 0 Å². The Labute approximate surface area is 214 Å². The Hall–Kier alpha value is 0.0569. The Morgan fingerprint density at radius 3 is 2.26 bits per heavy atom. The van der Waals surface area contributed by atoms with Crippen molar-refractivity contribution in [3.8, 4) is 0 Å². The van der Waals surface area contributed by atoms with E-state index in [0.717, 1.165) is 51.6 Å². The molecule has 0 heterocycles. The molecule has 0 aromatic carbocycles. The van der Waals surface area contributed by atoms with E-state index in [1.165, 1.54) is 6.42 Å². The first-order chi connectivity index (χ1) is 16.1. The van der Waals surface area contributed by atoms with Gasteiger partial charge in [0.25, 0.3) is 0 Å². The van der Waals surface area contributed by atoms with Crippen LogP contribution < -0.4 is 0 Å². The molecule has 0 aliphatic heterocycles. The fourth-order valence-electron chi connectivity index (χ4n) is 10.6. The molecular formula is C30H52O4Si. The molecule has 0 amide bonds. The zero-order chi connectivity index (χ0) is 25.4. The zero-order valence-electron chi connectivity index (χ0n) is 23.4. The third-order valence-electron chi connectivity index (χ3n) is 13.8. The van der Waals surface area contributed by atoms with Gasteiger partial charge in [0.2, 0.25) is 0 Å². The standard InChI is InChI=1S/C30H52O4Si/c1-26(2,3)35(6,7)34-14-8-11-29(32)23-16-20(23)25-24-19-15-22(19)30(33)17-18(31)9-12-27(30,4)21(24)10-13-28(25,29)5/h18-25,31-33H,8-17H2,1-7H3/t18-,19?,20+,21?,22+,23?,24?,25?,27+,28-,29-,30+/m0/s1. The van der Waals surface area contributed by atoms with E-state index >= 15 is 0 Å². The Morgan fingerprint density at radius 1 is 0.914 bits per heavy atom. The summed E-state index contributed by atoms with van der Waals surface area (Å²) in [5, 5.41) is 35.1. The second kappa shape index (κ2) is 7.37. The Bertz CT molecular complexity index is 884. The second-order valence-corrected chi connectivity index (χ2v) is 20.9. The number of hydrogen-bond donors (Lipinski definition) is 3. The second-order valence-electron chi connectivity index (χ2n) is 16.1. The molecular weight excluding hydrogens is 452 g/mol. The van der Waals surface area contributed by atoms with Gasteiger partial charge in [0.15, 0.2) is 8.32 Å². The summed E-state index contributed by atoms with van der Waals surface area (Å²) in [4.78, 5) is 0. The fourth-order valence-corrected chi connectivity index (χ4v) is 11.7. The molecule has 6 aliphatic carbocycles. The number of rotatable bonds is 5. The van der Waals surface area contributed by atoms with Crippen molar-refractivity contribution < 1.29 is 19.7 Å². The predicted octanol–water partition coefficient (Wildman–Crippen LogP) is 5.75. The van der Waals surface area contributed by atoms with Gasteiger partial charge in [-0.2, -0.15) is 0 Å². The molecule has 6 aliphatic rings. The van der Waals surface area contributed by atoms with Crippen molar-refractivity contribution >= 4 is 8.32 Å². The van der Waals surface area contributed by atoms with Gasteiger partial charge in [-0.25, -0.2) is 0 Å². The van der Waals surface area contributed by atoms with Crippen molar-refractivity contribution in [2.24, 2.45) is 52.3 Å². The van der Waals surface area contributed by atoms with E-state index in [1.54, 1.807) is 0 Å². The van der Waals surface area contributed by atoms with Gasteiger partial charge < -0.3 is 19.7 Å². The van der Waals surface area contributed by atoms with Gasteiger partial charge >= 0.3 is 0 Å². The molecule has 4 nitrogen and oxygen atoms in total. The van der Waals surface area contributed by atoms with Gasteiger partial charge in [0.1, 0.15) is 0 Å². The summed E-state index contributed by atoms with van der Waals surface area (Å²) < 4.78 is 6.50. The van der Waals surface area contributed by atoms with Crippen LogP contribution in [0.5, 0.6) is 0 Å². The van der Waals surface area contributed by atoms with Crippen LogP contribution >= 0.6 is 0 Å². The van der Waals surface area contributed by atoms with Crippen LogP contribution in [0.15, 0.2) is 0 Å². The Kier molecular flexibility index (Phi) is 5.34. The molecule has 0 aromatic rings. The summed E-state index contributed by atoms with van der Waals surface area (Å²) in [5.41, 5.74) is -1.29. The molecule has 0 aromatic heterocycles. The first-order valence-corrected chi connectivity index (χ1v) is 17.8. The highest BCUT2D eigenvalue weighted by atomic mass is 28.4. The Morgan fingerprint density at radius 2 is 1.57 bits per heavy atom. The van der Waals surface area contributed by atoms with E-state index in [0.29, 0.717) is 47.8 Å². The lowest BCUT2D eigenvalue weighted by atomic mass is 9.42. The monoisotopic (exact) mass is 504 g/mol. The van der Waals surface area contributed by atoms with Gasteiger partial charge in [-0.1, -0.05) is 34.6 Å². The highest BCUT2D eigenvalue weighted by molar-refractivity contribution is 6.74. The quantitative estimate of drug-likeness (QED) is 0.329. The normalized spacial score (nSPS) is 56.4. The minimum absolute atomic E-state index is 0.00581.